The Morgan fingerprint density at radius 1 is 1.43 bits per heavy atom. The molecule has 2 nitrogen and oxygen atoms in total. The Hall–Kier alpha value is -1.77. The average molecular weight is 184 g/mol. The van der Waals surface area contributed by atoms with Crippen LogP contribution in [0.1, 0.15) is 18.1 Å². The van der Waals surface area contributed by atoms with Crippen molar-refractivity contribution < 1.29 is 0 Å². The molecule has 0 saturated carbocycles. The minimum absolute atomic E-state index is 0.846. The van der Waals surface area contributed by atoms with Gasteiger partial charge < -0.3 is 5.32 Å². The van der Waals surface area contributed by atoms with Gasteiger partial charge in [0.2, 0.25) is 0 Å². The Morgan fingerprint density at radius 2 is 2.29 bits per heavy atom. The maximum Gasteiger partial charge on any atom is 0.152 e. The summed E-state index contributed by atoms with van der Waals surface area (Å²) < 4.78 is 0. The Balaban J connectivity index is 2.75. The van der Waals surface area contributed by atoms with E-state index in [0.717, 1.165) is 18.7 Å². The van der Waals surface area contributed by atoms with Crippen LogP contribution in [0.15, 0.2) is 24.3 Å². The summed E-state index contributed by atoms with van der Waals surface area (Å²) in [6.07, 6.45) is 0. The van der Waals surface area contributed by atoms with Gasteiger partial charge in [-0.2, -0.15) is 5.26 Å². The van der Waals surface area contributed by atoms with Crippen molar-refractivity contribution in [1.29, 1.82) is 5.26 Å². The summed E-state index contributed by atoms with van der Waals surface area (Å²) in [6.45, 7) is 3.87. The lowest BCUT2D eigenvalue weighted by molar-refractivity contribution is 0.727. The fourth-order valence-corrected chi connectivity index (χ4v) is 1.13. The van der Waals surface area contributed by atoms with Gasteiger partial charge in [0.25, 0.3) is 0 Å². The number of hydrogen-bond acceptors (Lipinski definition) is 2. The van der Waals surface area contributed by atoms with E-state index in [-0.39, 0.29) is 0 Å². The number of rotatable bonds is 3. The Labute approximate surface area is 84.6 Å². The van der Waals surface area contributed by atoms with Gasteiger partial charge in [-0.15, -0.1) is 0 Å². The third-order valence-corrected chi connectivity index (χ3v) is 1.77. The van der Waals surface area contributed by atoms with Crippen LogP contribution in [0, 0.1) is 23.2 Å². The molecule has 70 valence electrons. The summed E-state index contributed by atoms with van der Waals surface area (Å²) >= 11 is 0. The number of benzene rings is 1. The highest BCUT2D eigenvalue weighted by molar-refractivity contribution is 5.39. The highest BCUT2D eigenvalue weighted by atomic mass is 14.8. The minimum Gasteiger partial charge on any atom is -0.313 e. The quantitative estimate of drug-likeness (QED) is 0.725. The summed E-state index contributed by atoms with van der Waals surface area (Å²) in [7, 11) is 0. The van der Waals surface area contributed by atoms with Gasteiger partial charge in [-0.05, 0) is 24.2 Å². The van der Waals surface area contributed by atoms with E-state index in [1.54, 1.807) is 6.07 Å². The fourth-order valence-electron chi connectivity index (χ4n) is 1.13. The monoisotopic (exact) mass is 184 g/mol. The molecule has 0 bridgehead atoms. The lowest BCUT2D eigenvalue weighted by atomic mass is 10.1. The highest BCUT2D eigenvalue weighted by Gasteiger charge is 1.92. The van der Waals surface area contributed by atoms with Crippen LogP contribution in [-0.4, -0.2) is 6.54 Å². The fraction of sp³-hybridized carbons (Fsp3) is 0.250. The Bertz CT molecular complexity index is 391. The van der Waals surface area contributed by atoms with Crippen LogP contribution in [-0.2, 0) is 6.54 Å². The SMILES string of the molecule is CCNCc1cccc(C#CC#N)c1. The molecule has 0 aromatic heterocycles. The normalized spacial score (nSPS) is 8.57. The summed E-state index contributed by atoms with van der Waals surface area (Å²) in [5, 5.41) is 11.5. The molecule has 0 fully saturated rings. The second-order valence-corrected chi connectivity index (χ2v) is 2.84. The zero-order chi connectivity index (χ0) is 10.2. The first-order chi connectivity index (χ1) is 6.86. The van der Waals surface area contributed by atoms with E-state index in [1.807, 2.05) is 24.3 Å². The Kier molecular flexibility index (Phi) is 4.27. The van der Waals surface area contributed by atoms with Crippen LogP contribution in [0.3, 0.4) is 0 Å². The molecule has 1 N–H and O–H groups in total. The summed E-state index contributed by atoms with van der Waals surface area (Å²) in [5.74, 6) is 5.16. The van der Waals surface area contributed by atoms with Gasteiger partial charge >= 0.3 is 0 Å². The van der Waals surface area contributed by atoms with Crippen LogP contribution >= 0.6 is 0 Å². The van der Waals surface area contributed by atoms with E-state index < -0.39 is 0 Å². The van der Waals surface area contributed by atoms with Crippen molar-refractivity contribution in [2.75, 3.05) is 6.54 Å². The predicted octanol–water partition coefficient (Wildman–Crippen LogP) is 1.67. The molecule has 0 aliphatic carbocycles. The second-order valence-electron chi connectivity index (χ2n) is 2.84. The lowest BCUT2D eigenvalue weighted by Crippen LogP contribution is -2.11. The van der Waals surface area contributed by atoms with Crippen molar-refractivity contribution in [3.8, 4) is 17.9 Å². The van der Waals surface area contributed by atoms with E-state index >= 15 is 0 Å². The second kappa shape index (κ2) is 5.80. The molecule has 1 aromatic rings. The van der Waals surface area contributed by atoms with Gasteiger partial charge in [0.05, 0.1) is 0 Å². The Morgan fingerprint density at radius 3 is 3.00 bits per heavy atom. The smallest absolute Gasteiger partial charge is 0.152 e. The first-order valence-corrected chi connectivity index (χ1v) is 4.56. The summed E-state index contributed by atoms with van der Waals surface area (Å²) in [5.41, 5.74) is 2.08. The molecular weight excluding hydrogens is 172 g/mol. The van der Waals surface area contributed by atoms with E-state index in [2.05, 4.69) is 24.1 Å². The van der Waals surface area contributed by atoms with Gasteiger partial charge in [-0.25, -0.2) is 0 Å². The lowest BCUT2D eigenvalue weighted by Gasteiger charge is -2.01. The van der Waals surface area contributed by atoms with Crippen molar-refractivity contribution in [2.45, 2.75) is 13.5 Å². The summed E-state index contributed by atoms with van der Waals surface area (Å²) in [6, 6.07) is 9.69. The standard InChI is InChI=1S/C12H12N2/c1-2-14-10-12-6-3-5-11(9-12)7-4-8-13/h3,5-6,9,14H,2,10H2,1H3. The number of hydrogen-bond donors (Lipinski definition) is 1. The zero-order valence-electron chi connectivity index (χ0n) is 8.17. The first kappa shape index (κ1) is 10.3. The largest absolute Gasteiger partial charge is 0.313 e. The first-order valence-electron chi connectivity index (χ1n) is 4.56. The molecule has 2 heteroatoms. The third kappa shape index (κ3) is 3.31. The molecule has 0 spiro atoms. The van der Waals surface area contributed by atoms with Crippen LogP contribution in [0.5, 0.6) is 0 Å². The van der Waals surface area contributed by atoms with Crippen molar-refractivity contribution in [3.05, 3.63) is 35.4 Å². The summed E-state index contributed by atoms with van der Waals surface area (Å²) in [4.78, 5) is 0. The third-order valence-electron chi connectivity index (χ3n) is 1.77. The van der Waals surface area contributed by atoms with Crippen molar-refractivity contribution in [1.82, 2.24) is 5.32 Å². The molecule has 0 heterocycles. The molecule has 1 aromatic carbocycles. The van der Waals surface area contributed by atoms with Gasteiger partial charge in [0.1, 0.15) is 0 Å². The van der Waals surface area contributed by atoms with Gasteiger partial charge in [0.15, 0.2) is 6.07 Å². The molecule has 0 aliphatic heterocycles. The van der Waals surface area contributed by atoms with Gasteiger partial charge in [-0.3, -0.25) is 0 Å². The molecule has 0 saturated heterocycles. The maximum absolute atomic E-state index is 8.30. The van der Waals surface area contributed by atoms with Crippen LogP contribution < -0.4 is 5.32 Å². The predicted molar refractivity (Wildman–Crippen MR) is 56.3 cm³/mol. The van der Waals surface area contributed by atoms with E-state index in [0.29, 0.717) is 0 Å². The van der Waals surface area contributed by atoms with Crippen molar-refractivity contribution in [2.24, 2.45) is 0 Å². The number of nitrogens with one attached hydrogen (secondary N) is 1. The topological polar surface area (TPSA) is 35.8 Å². The molecule has 0 unspecified atom stereocenters. The van der Waals surface area contributed by atoms with E-state index in [9.17, 15) is 0 Å². The maximum atomic E-state index is 8.30. The molecule has 14 heavy (non-hydrogen) atoms. The number of nitrogens with zero attached hydrogens (tertiary/aromatic N) is 1. The zero-order valence-corrected chi connectivity index (χ0v) is 8.17. The molecule has 0 atom stereocenters. The van der Waals surface area contributed by atoms with Crippen LogP contribution in [0.4, 0.5) is 0 Å². The van der Waals surface area contributed by atoms with Crippen molar-refractivity contribution in [3.63, 3.8) is 0 Å². The van der Waals surface area contributed by atoms with Gasteiger partial charge in [-0.1, -0.05) is 25.0 Å². The van der Waals surface area contributed by atoms with Crippen LogP contribution in [0.2, 0.25) is 0 Å². The molecule has 0 radical (unpaired) electrons. The van der Waals surface area contributed by atoms with Crippen molar-refractivity contribution >= 4 is 0 Å². The van der Waals surface area contributed by atoms with Crippen LogP contribution in [0.25, 0.3) is 0 Å². The van der Waals surface area contributed by atoms with E-state index in [1.165, 1.54) is 5.56 Å². The molecule has 0 aliphatic rings. The number of nitriles is 1. The minimum atomic E-state index is 0.846. The molecule has 0 amide bonds. The molecular formula is C12H12N2. The van der Waals surface area contributed by atoms with E-state index in [4.69, 9.17) is 5.26 Å². The average Bonchev–Trinajstić information content (AvgIpc) is 2.24. The highest BCUT2D eigenvalue weighted by Crippen LogP contribution is 2.03. The van der Waals surface area contributed by atoms with Gasteiger partial charge in [0, 0.05) is 18.0 Å². The molecule has 1 rings (SSSR count).